The zero-order valence-electron chi connectivity index (χ0n) is 14.3. The molecule has 2 heterocycles. The molecular formula is C19H27N3. The first-order valence-electron chi connectivity index (χ1n) is 8.41. The highest BCUT2D eigenvalue weighted by Gasteiger charge is 2.20. The van der Waals surface area contributed by atoms with Crippen LogP contribution in [0.3, 0.4) is 0 Å². The fraction of sp³-hybridized carbons (Fsp3) is 0.526. The molecule has 0 unspecified atom stereocenters. The molecule has 3 rings (SSSR count). The minimum atomic E-state index is 0.950. The first-order chi connectivity index (χ1) is 10.6. The monoisotopic (exact) mass is 297 g/mol. The number of nitrogens with zero attached hydrogens (tertiary/aromatic N) is 2. The van der Waals surface area contributed by atoms with Crippen LogP contribution in [0.1, 0.15) is 41.3 Å². The van der Waals surface area contributed by atoms with Gasteiger partial charge in [0.25, 0.3) is 0 Å². The number of likely N-dealkylation sites (N-methyl/N-ethyl adjacent to an activating group) is 1. The molecule has 1 N–H and O–H groups in total. The second kappa shape index (κ2) is 6.35. The largest absolute Gasteiger partial charge is 0.313 e. The standard InChI is InChI=1S/C19H27N3/c1-5-7-20-11-16-15-9-13(2)14(3)10-19(15)21-18-6-8-22(4)12-17(16)18/h9-10,20H,5-8,11-12H2,1-4H3. The highest BCUT2D eigenvalue weighted by molar-refractivity contribution is 5.85. The maximum Gasteiger partial charge on any atom is 0.0711 e. The summed E-state index contributed by atoms with van der Waals surface area (Å²) in [4.78, 5) is 7.39. The summed E-state index contributed by atoms with van der Waals surface area (Å²) >= 11 is 0. The molecule has 0 bridgehead atoms. The topological polar surface area (TPSA) is 28.2 Å². The fourth-order valence-electron chi connectivity index (χ4n) is 3.32. The van der Waals surface area contributed by atoms with Crippen LogP contribution in [0.4, 0.5) is 0 Å². The van der Waals surface area contributed by atoms with Crippen molar-refractivity contribution in [3.63, 3.8) is 0 Å². The van der Waals surface area contributed by atoms with Gasteiger partial charge >= 0.3 is 0 Å². The van der Waals surface area contributed by atoms with Crippen molar-refractivity contribution in [1.29, 1.82) is 0 Å². The Morgan fingerprint density at radius 1 is 1.23 bits per heavy atom. The molecule has 0 radical (unpaired) electrons. The van der Waals surface area contributed by atoms with Crippen LogP contribution in [0.5, 0.6) is 0 Å². The summed E-state index contributed by atoms with van der Waals surface area (Å²) in [6, 6.07) is 4.59. The molecule has 1 aliphatic rings. The Kier molecular flexibility index (Phi) is 4.46. The van der Waals surface area contributed by atoms with E-state index in [1.54, 1.807) is 0 Å². The van der Waals surface area contributed by atoms with Crippen molar-refractivity contribution in [2.24, 2.45) is 0 Å². The highest BCUT2D eigenvalue weighted by Crippen LogP contribution is 2.29. The maximum absolute atomic E-state index is 4.99. The van der Waals surface area contributed by atoms with Crippen LogP contribution in [0.2, 0.25) is 0 Å². The number of hydrogen-bond donors (Lipinski definition) is 1. The molecule has 0 aliphatic carbocycles. The van der Waals surface area contributed by atoms with E-state index in [2.05, 4.69) is 50.2 Å². The summed E-state index contributed by atoms with van der Waals surface area (Å²) < 4.78 is 0. The molecule has 2 aromatic rings. The van der Waals surface area contributed by atoms with Crippen LogP contribution >= 0.6 is 0 Å². The van der Waals surface area contributed by atoms with Crippen LogP contribution in [0.25, 0.3) is 10.9 Å². The van der Waals surface area contributed by atoms with E-state index in [0.717, 1.165) is 32.6 Å². The minimum absolute atomic E-state index is 0.950. The molecule has 3 heteroatoms. The van der Waals surface area contributed by atoms with E-state index in [4.69, 9.17) is 4.98 Å². The summed E-state index contributed by atoms with van der Waals surface area (Å²) in [6.07, 6.45) is 2.23. The molecule has 22 heavy (non-hydrogen) atoms. The van der Waals surface area contributed by atoms with Gasteiger partial charge in [-0.1, -0.05) is 6.92 Å². The SMILES string of the molecule is CCCNCc1c2c(nc3cc(C)c(C)cc13)CCN(C)C2. The van der Waals surface area contributed by atoms with Gasteiger partial charge in [-0.2, -0.15) is 0 Å². The van der Waals surface area contributed by atoms with E-state index >= 15 is 0 Å². The zero-order valence-corrected chi connectivity index (χ0v) is 14.3. The Balaban J connectivity index is 2.15. The van der Waals surface area contributed by atoms with Crippen LogP contribution in [-0.4, -0.2) is 30.0 Å². The summed E-state index contributed by atoms with van der Waals surface area (Å²) in [6.45, 7) is 10.7. The number of pyridine rings is 1. The van der Waals surface area contributed by atoms with Gasteiger partial charge in [0.2, 0.25) is 0 Å². The smallest absolute Gasteiger partial charge is 0.0711 e. The molecule has 118 valence electrons. The first-order valence-corrected chi connectivity index (χ1v) is 8.41. The minimum Gasteiger partial charge on any atom is -0.313 e. The highest BCUT2D eigenvalue weighted by atomic mass is 15.1. The molecule has 0 atom stereocenters. The van der Waals surface area contributed by atoms with Crippen molar-refractivity contribution in [1.82, 2.24) is 15.2 Å². The molecule has 0 amide bonds. The Bertz CT molecular complexity index is 691. The lowest BCUT2D eigenvalue weighted by Crippen LogP contribution is -2.29. The maximum atomic E-state index is 4.99. The quantitative estimate of drug-likeness (QED) is 0.877. The zero-order chi connectivity index (χ0) is 15.7. The van der Waals surface area contributed by atoms with E-state index in [-0.39, 0.29) is 0 Å². The molecular weight excluding hydrogens is 270 g/mol. The van der Waals surface area contributed by atoms with Gasteiger partial charge in [0.15, 0.2) is 0 Å². The van der Waals surface area contributed by atoms with Crippen LogP contribution in [0.15, 0.2) is 12.1 Å². The van der Waals surface area contributed by atoms with Gasteiger partial charge < -0.3 is 10.2 Å². The molecule has 1 aromatic carbocycles. The third-order valence-electron chi connectivity index (χ3n) is 4.79. The third-order valence-corrected chi connectivity index (χ3v) is 4.79. The van der Waals surface area contributed by atoms with E-state index in [1.807, 2.05) is 0 Å². The van der Waals surface area contributed by atoms with Crippen molar-refractivity contribution in [3.05, 3.63) is 40.1 Å². The number of aromatic nitrogens is 1. The van der Waals surface area contributed by atoms with Crippen molar-refractivity contribution in [2.75, 3.05) is 20.1 Å². The van der Waals surface area contributed by atoms with Crippen molar-refractivity contribution >= 4 is 10.9 Å². The second-order valence-electron chi connectivity index (χ2n) is 6.63. The van der Waals surface area contributed by atoms with Crippen LogP contribution in [-0.2, 0) is 19.5 Å². The van der Waals surface area contributed by atoms with Gasteiger partial charge in [-0.3, -0.25) is 4.98 Å². The van der Waals surface area contributed by atoms with Gasteiger partial charge in [0.1, 0.15) is 0 Å². The van der Waals surface area contributed by atoms with E-state index < -0.39 is 0 Å². The molecule has 1 aromatic heterocycles. The Hall–Kier alpha value is -1.45. The summed E-state index contributed by atoms with van der Waals surface area (Å²) in [5.74, 6) is 0. The third kappa shape index (κ3) is 2.88. The lowest BCUT2D eigenvalue weighted by atomic mass is 9.94. The van der Waals surface area contributed by atoms with Gasteiger partial charge in [0, 0.05) is 37.1 Å². The fourth-order valence-corrected chi connectivity index (χ4v) is 3.32. The number of aryl methyl sites for hydroxylation is 2. The number of fused-ring (bicyclic) bond motifs is 2. The molecule has 0 saturated carbocycles. The summed E-state index contributed by atoms with van der Waals surface area (Å²) in [5, 5.41) is 4.93. The first kappa shape index (κ1) is 15.4. The number of nitrogens with one attached hydrogen (secondary N) is 1. The van der Waals surface area contributed by atoms with Gasteiger partial charge in [0.05, 0.1) is 5.52 Å². The number of benzene rings is 1. The number of rotatable bonds is 4. The Labute approximate surface area is 133 Å². The molecule has 1 aliphatic heterocycles. The summed E-state index contributed by atoms with van der Waals surface area (Å²) in [5.41, 5.74) is 8.08. The summed E-state index contributed by atoms with van der Waals surface area (Å²) in [7, 11) is 2.21. The predicted octanol–water partition coefficient (Wildman–Crippen LogP) is 3.34. The predicted molar refractivity (Wildman–Crippen MR) is 93.3 cm³/mol. The lowest BCUT2D eigenvalue weighted by Gasteiger charge is -2.27. The van der Waals surface area contributed by atoms with Gasteiger partial charge in [-0.15, -0.1) is 0 Å². The second-order valence-corrected chi connectivity index (χ2v) is 6.63. The van der Waals surface area contributed by atoms with Crippen molar-refractivity contribution < 1.29 is 0 Å². The Morgan fingerprint density at radius 3 is 2.77 bits per heavy atom. The van der Waals surface area contributed by atoms with Crippen molar-refractivity contribution in [3.8, 4) is 0 Å². The average molecular weight is 297 g/mol. The molecule has 3 nitrogen and oxygen atoms in total. The van der Waals surface area contributed by atoms with E-state index in [0.29, 0.717) is 0 Å². The van der Waals surface area contributed by atoms with Crippen molar-refractivity contribution in [2.45, 2.75) is 46.7 Å². The van der Waals surface area contributed by atoms with Crippen LogP contribution < -0.4 is 5.32 Å². The molecule has 0 spiro atoms. The lowest BCUT2D eigenvalue weighted by molar-refractivity contribution is 0.308. The molecule has 0 fully saturated rings. The average Bonchev–Trinajstić information content (AvgIpc) is 2.49. The van der Waals surface area contributed by atoms with Crippen LogP contribution in [0, 0.1) is 13.8 Å². The number of hydrogen-bond acceptors (Lipinski definition) is 3. The Morgan fingerprint density at radius 2 is 2.00 bits per heavy atom. The molecule has 0 saturated heterocycles. The van der Waals surface area contributed by atoms with E-state index in [1.165, 1.54) is 45.3 Å². The van der Waals surface area contributed by atoms with Gasteiger partial charge in [-0.05, 0) is 68.2 Å². The van der Waals surface area contributed by atoms with E-state index in [9.17, 15) is 0 Å². The normalized spacial score (nSPS) is 15.3. The van der Waals surface area contributed by atoms with Gasteiger partial charge in [-0.25, -0.2) is 0 Å².